The van der Waals surface area contributed by atoms with Gasteiger partial charge in [-0.3, -0.25) is 0 Å². The van der Waals surface area contributed by atoms with E-state index in [0.29, 0.717) is 0 Å². The minimum atomic E-state index is 0.737. The molecule has 0 N–H and O–H groups in total. The molecule has 2 saturated carbocycles. The summed E-state index contributed by atoms with van der Waals surface area (Å²) >= 11 is 0. The fourth-order valence-electron chi connectivity index (χ4n) is 5.82. The van der Waals surface area contributed by atoms with Crippen molar-refractivity contribution >= 4 is 0 Å². The summed E-state index contributed by atoms with van der Waals surface area (Å²) in [6.07, 6.45) is 23.0. The number of ether oxygens (including phenoxy) is 1. The van der Waals surface area contributed by atoms with Gasteiger partial charge in [0.05, 0.1) is 13.2 Å². The van der Waals surface area contributed by atoms with Crippen molar-refractivity contribution < 1.29 is 4.74 Å². The molecule has 0 aromatic heterocycles. The third-order valence-corrected chi connectivity index (χ3v) is 7.73. The highest BCUT2D eigenvalue weighted by molar-refractivity contribution is 5.25. The van der Waals surface area contributed by atoms with Gasteiger partial charge in [-0.05, 0) is 99.5 Å². The lowest BCUT2D eigenvalue weighted by Crippen LogP contribution is -2.25. The highest BCUT2D eigenvalue weighted by Gasteiger charge is 2.31. The summed E-state index contributed by atoms with van der Waals surface area (Å²) in [4.78, 5) is 0. The zero-order valence-electron chi connectivity index (χ0n) is 19.4. The van der Waals surface area contributed by atoms with Gasteiger partial charge in [0.2, 0.25) is 0 Å². The van der Waals surface area contributed by atoms with Crippen LogP contribution in [0.15, 0.2) is 49.1 Å². The molecule has 0 heterocycles. The van der Waals surface area contributed by atoms with Crippen LogP contribution in [0.2, 0.25) is 0 Å². The van der Waals surface area contributed by atoms with E-state index in [1.807, 2.05) is 0 Å². The summed E-state index contributed by atoms with van der Waals surface area (Å²) in [6, 6.07) is 9.30. The second-order valence-electron chi connectivity index (χ2n) is 9.76. The Morgan fingerprint density at radius 1 is 0.900 bits per heavy atom. The summed E-state index contributed by atoms with van der Waals surface area (Å²) in [5.41, 5.74) is 2.86. The lowest BCUT2D eigenvalue weighted by molar-refractivity contribution is 0.125. The van der Waals surface area contributed by atoms with E-state index in [-0.39, 0.29) is 0 Å². The van der Waals surface area contributed by atoms with Crippen molar-refractivity contribution in [2.45, 2.75) is 96.5 Å². The highest BCUT2D eigenvalue weighted by atomic mass is 16.5. The van der Waals surface area contributed by atoms with Gasteiger partial charge in [0.25, 0.3) is 0 Å². The number of benzene rings is 1. The molecule has 166 valence electrons. The van der Waals surface area contributed by atoms with Crippen LogP contribution in [-0.2, 0) is 11.3 Å². The Morgan fingerprint density at radius 2 is 1.57 bits per heavy atom. The van der Waals surface area contributed by atoms with E-state index < -0.39 is 0 Å². The molecule has 3 rings (SSSR count). The van der Waals surface area contributed by atoms with Crippen LogP contribution in [0.5, 0.6) is 0 Å². The first-order valence-corrected chi connectivity index (χ1v) is 12.7. The van der Waals surface area contributed by atoms with E-state index in [1.54, 1.807) is 5.56 Å². The maximum absolute atomic E-state index is 5.77. The van der Waals surface area contributed by atoms with Crippen molar-refractivity contribution in [3.63, 3.8) is 0 Å². The molecule has 1 nitrogen and oxygen atoms in total. The molecular weight excluding hydrogens is 364 g/mol. The number of hydrogen-bond acceptors (Lipinski definition) is 1. The smallest absolute Gasteiger partial charge is 0.0717 e. The summed E-state index contributed by atoms with van der Waals surface area (Å²) in [5, 5.41) is 0. The predicted molar refractivity (Wildman–Crippen MR) is 130 cm³/mol. The first kappa shape index (κ1) is 23.3. The van der Waals surface area contributed by atoms with E-state index in [4.69, 9.17) is 4.74 Å². The lowest BCUT2D eigenvalue weighted by Gasteiger charge is -2.38. The molecule has 0 radical (unpaired) electrons. The van der Waals surface area contributed by atoms with E-state index in [2.05, 4.69) is 56.0 Å². The van der Waals surface area contributed by atoms with Gasteiger partial charge in [0.1, 0.15) is 0 Å². The third kappa shape index (κ3) is 7.41. The van der Waals surface area contributed by atoms with Gasteiger partial charge in [-0.15, -0.1) is 6.58 Å². The first-order valence-electron chi connectivity index (χ1n) is 12.7. The van der Waals surface area contributed by atoms with Gasteiger partial charge in [0, 0.05) is 0 Å². The molecule has 30 heavy (non-hydrogen) atoms. The Balaban J connectivity index is 1.36. The van der Waals surface area contributed by atoms with Crippen molar-refractivity contribution in [3.05, 3.63) is 60.2 Å². The number of hydrogen-bond donors (Lipinski definition) is 0. The Hall–Kier alpha value is -1.34. The fraction of sp³-hybridized carbons (Fsp3) is 0.655. The molecule has 0 aliphatic heterocycles. The first-order chi connectivity index (χ1) is 14.8. The molecule has 1 aromatic carbocycles. The average Bonchev–Trinajstić information content (AvgIpc) is 2.80. The van der Waals surface area contributed by atoms with E-state index in [9.17, 15) is 0 Å². The van der Waals surface area contributed by atoms with E-state index in [1.165, 1.54) is 76.2 Å². The fourth-order valence-corrected chi connectivity index (χ4v) is 5.82. The zero-order valence-corrected chi connectivity index (χ0v) is 19.4. The number of allylic oxidation sites excluding steroid dienone is 2. The molecule has 0 unspecified atom stereocenters. The van der Waals surface area contributed by atoms with Gasteiger partial charge in [-0.2, -0.15) is 0 Å². The maximum Gasteiger partial charge on any atom is 0.0717 e. The summed E-state index contributed by atoms with van der Waals surface area (Å²) < 4.78 is 5.77. The van der Waals surface area contributed by atoms with E-state index >= 15 is 0 Å². The molecule has 0 bridgehead atoms. The molecule has 0 atom stereocenters. The van der Waals surface area contributed by atoms with Crippen molar-refractivity contribution in [2.75, 3.05) is 6.61 Å². The van der Waals surface area contributed by atoms with Crippen molar-refractivity contribution in [2.24, 2.45) is 17.8 Å². The highest BCUT2D eigenvalue weighted by Crippen LogP contribution is 2.44. The van der Waals surface area contributed by atoms with Crippen molar-refractivity contribution in [1.29, 1.82) is 0 Å². The third-order valence-electron chi connectivity index (χ3n) is 7.73. The Labute approximate surface area is 186 Å². The maximum atomic E-state index is 5.77. The minimum Gasteiger partial charge on any atom is -0.376 e. The van der Waals surface area contributed by atoms with Gasteiger partial charge in [0.15, 0.2) is 0 Å². The normalized spacial score (nSPS) is 27.4. The van der Waals surface area contributed by atoms with Gasteiger partial charge in [-0.25, -0.2) is 0 Å². The average molecular weight is 409 g/mol. The summed E-state index contributed by atoms with van der Waals surface area (Å²) in [7, 11) is 0. The van der Waals surface area contributed by atoms with Crippen LogP contribution in [0.1, 0.15) is 101 Å². The minimum absolute atomic E-state index is 0.737. The molecule has 0 saturated heterocycles. The van der Waals surface area contributed by atoms with Crippen LogP contribution >= 0.6 is 0 Å². The SMILES string of the molecule is C=CCCCC1CCC(C2CCC(c3ccc(COCCC=CC)cc3)CC2)CC1. The number of unbranched alkanes of at least 4 members (excludes halogenated alkanes) is 1. The Morgan fingerprint density at radius 3 is 2.20 bits per heavy atom. The molecule has 2 fully saturated rings. The molecule has 0 spiro atoms. The van der Waals surface area contributed by atoms with Crippen LogP contribution < -0.4 is 0 Å². The molecule has 0 amide bonds. The molecule has 1 aromatic rings. The quantitative estimate of drug-likeness (QED) is 0.263. The zero-order chi connectivity index (χ0) is 21.0. The second kappa shape index (κ2) is 13.2. The summed E-state index contributed by atoms with van der Waals surface area (Å²) in [6.45, 7) is 7.47. The Bertz CT molecular complexity index is 612. The van der Waals surface area contributed by atoms with Gasteiger partial charge in [-0.1, -0.05) is 61.8 Å². The van der Waals surface area contributed by atoms with Gasteiger partial charge < -0.3 is 4.74 Å². The van der Waals surface area contributed by atoms with Crippen molar-refractivity contribution in [3.8, 4) is 0 Å². The van der Waals surface area contributed by atoms with Crippen LogP contribution in [0, 0.1) is 17.8 Å². The molecular formula is C29H44O. The van der Waals surface area contributed by atoms with E-state index in [0.717, 1.165) is 43.3 Å². The largest absolute Gasteiger partial charge is 0.376 e. The molecule has 1 heteroatoms. The predicted octanol–water partition coefficient (Wildman–Crippen LogP) is 8.61. The topological polar surface area (TPSA) is 9.23 Å². The number of rotatable bonds is 11. The van der Waals surface area contributed by atoms with Crippen LogP contribution in [0.4, 0.5) is 0 Å². The second-order valence-corrected chi connectivity index (χ2v) is 9.76. The van der Waals surface area contributed by atoms with Crippen LogP contribution in [0.25, 0.3) is 0 Å². The molecule has 2 aliphatic rings. The standard InChI is InChI=1S/C29H44O/c1-3-5-7-9-24-10-14-26(15-11-24)28-18-20-29(21-19-28)27-16-12-25(13-17-27)23-30-22-8-6-4-2/h3-4,6,12-13,16-17,24,26,28-29H,1,5,7-11,14-15,18-23H2,2H3. The van der Waals surface area contributed by atoms with Crippen LogP contribution in [0.3, 0.4) is 0 Å². The lowest BCUT2D eigenvalue weighted by atomic mass is 9.68. The van der Waals surface area contributed by atoms with Gasteiger partial charge >= 0.3 is 0 Å². The monoisotopic (exact) mass is 408 g/mol. The molecule has 2 aliphatic carbocycles. The summed E-state index contributed by atoms with van der Waals surface area (Å²) in [5.74, 6) is 3.80. The Kier molecular flexibility index (Phi) is 10.2. The van der Waals surface area contributed by atoms with Crippen LogP contribution in [-0.4, -0.2) is 6.61 Å². The van der Waals surface area contributed by atoms with Crippen molar-refractivity contribution in [1.82, 2.24) is 0 Å².